The minimum atomic E-state index is -0.587. The molecule has 1 unspecified atom stereocenters. The Bertz CT molecular complexity index is 735. The molecule has 24 heavy (non-hydrogen) atoms. The quantitative estimate of drug-likeness (QED) is 0.753. The predicted octanol–water partition coefficient (Wildman–Crippen LogP) is 5.46. The van der Waals surface area contributed by atoms with Crippen molar-refractivity contribution in [3.63, 3.8) is 0 Å². The lowest BCUT2D eigenvalue weighted by Crippen LogP contribution is -2.31. The third-order valence-electron chi connectivity index (χ3n) is 3.81. The first-order chi connectivity index (χ1) is 11.2. The Balaban J connectivity index is 2.13. The minimum Gasteiger partial charge on any atom is -0.481 e. The number of hydrogen-bond acceptors (Lipinski definition) is 2. The summed E-state index contributed by atoms with van der Waals surface area (Å²) in [7, 11) is 0. The van der Waals surface area contributed by atoms with E-state index in [1.54, 1.807) is 6.92 Å². The molecule has 0 bridgehead atoms. The summed E-state index contributed by atoms with van der Waals surface area (Å²) in [6.45, 7) is 10.1. The van der Waals surface area contributed by atoms with E-state index in [1.165, 1.54) is 0 Å². The maximum atomic E-state index is 12.5. The number of aryl methyl sites for hydroxylation is 1. The molecule has 4 heteroatoms. The van der Waals surface area contributed by atoms with E-state index in [0.717, 1.165) is 27.0 Å². The highest BCUT2D eigenvalue weighted by atomic mass is 79.9. The van der Waals surface area contributed by atoms with E-state index in [0.29, 0.717) is 0 Å². The van der Waals surface area contributed by atoms with Gasteiger partial charge in [-0.05, 0) is 54.7 Å². The van der Waals surface area contributed by atoms with Gasteiger partial charge in [0.15, 0.2) is 6.10 Å². The first kappa shape index (κ1) is 18.5. The fourth-order valence-electron chi connectivity index (χ4n) is 2.43. The van der Waals surface area contributed by atoms with Crippen LogP contribution in [0.2, 0.25) is 0 Å². The van der Waals surface area contributed by atoms with Crippen LogP contribution in [0.4, 0.5) is 5.69 Å². The van der Waals surface area contributed by atoms with E-state index < -0.39 is 6.10 Å². The number of para-hydroxylation sites is 1. The van der Waals surface area contributed by atoms with Gasteiger partial charge in [-0.2, -0.15) is 0 Å². The largest absolute Gasteiger partial charge is 0.481 e. The maximum absolute atomic E-state index is 12.5. The lowest BCUT2D eigenvalue weighted by atomic mass is 9.86. The molecule has 0 fully saturated rings. The lowest BCUT2D eigenvalue weighted by Gasteiger charge is -2.24. The highest BCUT2D eigenvalue weighted by molar-refractivity contribution is 9.10. The Kier molecular flexibility index (Phi) is 5.70. The molecule has 0 radical (unpaired) electrons. The standard InChI is InChI=1S/C20H24BrNO2/c1-13-12-15(21)10-11-17(13)22-19(23)14(2)24-18-9-7-6-8-16(18)20(3,4)5/h6-12,14H,1-5H3,(H,22,23). The number of rotatable bonds is 4. The molecule has 0 saturated carbocycles. The Hall–Kier alpha value is -1.81. The van der Waals surface area contributed by atoms with Gasteiger partial charge in [0.1, 0.15) is 5.75 Å². The summed E-state index contributed by atoms with van der Waals surface area (Å²) < 4.78 is 6.94. The number of carbonyl (C=O) groups is 1. The second kappa shape index (κ2) is 7.39. The molecule has 1 N–H and O–H groups in total. The van der Waals surface area contributed by atoms with Crippen molar-refractivity contribution in [2.45, 2.75) is 46.1 Å². The van der Waals surface area contributed by atoms with Crippen LogP contribution in [0.3, 0.4) is 0 Å². The zero-order valence-corrected chi connectivity index (χ0v) is 16.4. The molecule has 0 saturated heterocycles. The van der Waals surface area contributed by atoms with E-state index >= 15 is 0 Å². The molecule has 0 aliphatic rings. The summed E-state index contributed by atoms with van der Waals surface area (Å²) in [6, 6.07) is 13.6. The topological polar surface area (TPSA) is 38.3 Å². The van der Waals surface area contributed by atoms with E-state index in [1.807, 2.05) is 49.4 Å². The monoisotopic (exact) mass is 389 g/mol. The molecule has 2 rings (SSSR count). The second-order valence-corrected chi connectivity index (χ2v) is 7.87. The van der Waals surface area contributed by atoms with E-state index in [4.69, 9.17) is 4.74 Å². The molecule has 0 aliphatic heterocycles. The molecule has 0 aromatic heterocycles. The smallest absolute Gasteiger partial charge is 0.265 e. The number of ether oxygens (including phenoxy) is 1. The molecule has 3 nitrogen and oxygen atoms in total. The Labute approximate surface area is 152 Å². The average Bonchev–Trinajstić information content (AvgIpc) is 2.49. The van der Waals surface area contributed by atoms with Crippen LogP contribution in [0.1, 0.15) is 38.8 Å². The van der Waals surface area contributed by atoms with Gasteiger partial charge in [-0.25, -0.2) is 0 Å². The fourth-order valence-corrected chi connectivity index (χ4v) is 2.91. The van der Waals surface area contributed by atoms with Crippen molar-refractivity contribution >= 4 is 27.5 Å². The molecule has 1 atom stereocenters. The van der Waals surface area contributed by atoms with Crippen molar-refractivity contribution in [1.82, 2.24) is 0 Å². The molecule has 0 aliphatic carbocycles. The number of anilines is 1. The molecular formula is C20H24BrNO2. The third-order valence-corrected chi connectivity index (χ3v) is 4.31. The van der Waals surface area contributed by atoms with Gasteiger partial charge in [-0.3, -0.25) is 4.79 Å². The molecule has 0 spiro atoms. The summed E-state index contributed by atoms with van der Waals surface area (Å²) in [4.78, 5) is 12.5. The van der Waals surface area contributed by atoms with Crippen LogP contribution in [-0.4, -0.2) is 12.0 Å². The van der Waals surface area contributed by atoms with Crippen molar-refractivity contribution in [2.75, 3.05) is 5.32 Å². The molecule has 128 valence electrons. The highest BCUT2D eigenvalue weighted by Crippen LogP contribution is 2.31. The molecule has 0 heterocycles. The van der Waals surface area contributed by atoms with Gasteiger partial charge >= 0.3 is 0 Å². The molecule has 2 aromatic rings. The number of benzene rings is 2. The third kappa shape index (κ3) is 4.60. The Morgan fingerprint density at radius 3 is 2.46 bits per heavy atom. The predicted molar refractivity (Wildman–Crippen MR) is 103 cm³/mol. The number of halogens is 1. The summed E-state index contributed by atoms with van der Waals surface area (Å²) in [6.07, 6.45) is -0.587. The number of amides is 1. The van der Waals surface area contributed by atoms with Gasteiger partial charge in [0.25, 0.3) is 5.91 Å². The van der Waals surface area contributed by atoms with Crippen molar-refractivity contribution in [2.24, 2.45) is 0 Å². The van der Waals surface area contributed by atoms with E-state index in [9.17, 15) is 4.79 Å². The van der Waals surface area contributed by atoms with Gasteiger partial charge in [0.2, 0.25) is 0 Å². The Morgan fingerprint density at radius 1 is 1.17 bits per heavy atom. The molecule has 1 amide bonds. The first-order valence-corrected chi connectivity index (χ1v) is 8.81. The number of nitrogens with one attached hydrogen (secondary N) is 1. The van der Waals surface area contributed by atoms with Gasteiger partial charge in [-0.1, -0.05) is 54.9 Å². The van der Waals surface area contributed by atoms with Crippen LogP contribution in [0, 0.1) is 6.92 Å². The summed E-state index contributed by atoms with van der Waals surface area (Å²) in [5, 5.41) is 2.93. The minimum absolute atomic E-state index is 0.0465. The molecular weight excluding hydrogens is 366 g/mol. The summed E-state index contributed by atoms with van der Waals surface area (Å²) in [5.74, 6) is 0.587. The fraction of sp³-hybridized carbons (Fsp3) is 0.350. The SMILES string of the molecule is Cc1cc(Br)ccc1NC(=O)C(C)Oc1ccccc1C(C)(C)C. The maximum Gasteiger partial charge on any atom is 0.265 e. The van der Waals surface area contributed by atoms with Crippen LogP contribution >= 0.6 is 15.9 Å². The van der Waals surface area contributed by atoms with Crippen molar-refractivity contribution < 1.29 is 9.53 Å². The average molecular weight is 390 g/mol. The Morgan fingerprint density at radius 2 is 1.83 bits per heavy atom. The second-order valence-electron chi connectivity index (χ2n) is 6.95. The van der Waals surface area contributed by atoms with E-state index in [2.05, 4.69) is 42.0 Å². The summed E-state index contributed by atoms with van der Waals surface area (Å²) in [5.41, 5.74) is 2.84. The lowest BCUT2D eigenvalue weighted by molar-refractivity contribution is -0.122. The van der Waals surface area contributed by atoms with Crippen molar-refractivity contribution in [3.8, 4) is 5.75 Å². The van der Waals surface area contributed by atoms with Gasteiger partial charge in [0, 0.05) is 10.2 Å². The van der Waals surface area contributed by atoms with E-state index in [-0.39, 0.29) is 11.3 Å². The van der Waals surface area contributed by atoms with Crippen LogP contribution in [0.15, 0.2) is 46.9 Å². The zero-order valence-electron chi connectivity index (χ0n) is 14.8. The number of hydrogen-bond donors (Lipinski definition) is 1. The van der Waals surface area contributed by atoms with Crippen molar-refractivity contribution in [1.29, 1.82) is 0 Å². The van der Waals surface area contributed by atoms with Gasteiger partial charge < -0.3 is 10.1 Å². The highest BCUT2D eigenvalue weighted by Gasteiger charge is 2.22. The van der Waals surface area contributed by atoms with Crippen LogP contribution in [0.5, 0.6) is 5.75 Å². The normalized spacial score (nSPS) is 12.6. The van der Waals surface area contributed by atoms with Crippen LogP contribution in [-0.2, 0) is 10.2 Å². The van der Waals surface area contributed by atoms with Crippen molar-refractivity contribution in [3.05, 3.63) is 58.1 Å². The summed E-state index contributed by atoms with van der Waals surface area (Å²) >= 11 is 3.42. The first-order valence-electron chi connectivity index (χ1n) is 8.01. The van der Waals surface area contributed by atoms with Gasteiger partial charge in [-0.15, -0.1) is 0 Å². The van der Waals surface area contributed by atoms with Crippen LogP contribution < -0.4 is 10.1 Å². The molecule has 2 aromatic carbocycles. The zero-order chi connectivity index (χ0) is 17.9. The van der Waals surface area contributed by atoms with Gasteiger partial charge in [0.05, 0.1) is 0 Å². The van der Waals surface area contributed by atoms with Crippen LogP contribution in [0.25, 0.3) is 0 Å². The number of carbonyl (C=O) groups excluding carboxylic acids is 1.